The summed E-state index contributed by atoms with van der Waals surface area (Å²) in [4.78, 5) is 30.2. The number of fused-ring (bicyclic) bond motifs is 2. The van der Waals surface area contributed by atoms with Crippen LogP contribution in [0.25, 0.3) is 10.9 Å². The maximum absolute atomic E-state index is 13.0. The Kier molecular flexibility index (Phi) is 5.97. The zero-order valence-corrected chi connectivity index (χ0v) is 18.0. The molecule has 2 heterocycles. The van der Waals surface area contributed by atoms with Crippen molar-refractivity contribution >= 4 is 45.7 Å². The normalized spacial score (nSPS) is 14.6. The molecule has 1 aliphatic heterocycles. The molecule has 156 valence electrons. The third kappa shape index (κ3) is 4.30. The van der Waals surface area contributed by atoms with Gasteiger partial charge in [-0.1, -0.05) is 29.6 Å². The molecule has 0 saturated carbocycles. The number of ether oxygens (including phenoxy) is 1. The van der Waals surface area contributed by atoms with Crippen molar-refractivity contribution in [3.8, 4) is 5.75 Å². The number of anilines is 1. The Morgan fingerprint density at radius 1 is 1.17 bits per heavy atom. The first-order chi connectivity index (χ1) is 14.4. The van der Waals surface area contributed by atoms with Crippen molar-refractivity contribution in [3.63, 3.8) is 0 Å². The Balaban J connectivity index is 1.55. The molecule has 4 rings (SSSR count). The van der Waals surface area contributed by atoms with Gasteiger partial charge in [-0.05, 0) is 56.2 Å². The van der Waals surface area contributed by atoms with Gasteiger partial charge in [-0.15, -0.1) is 0 Å². The number of aromatic nitrogens is 2. The molecule has 0 unspecified atom stereocenters. The number of hydrogen-bond donors (Lipinski definition) is 1. The summed E-state index contributed by atoms with van der Waals surface area (Å²) < 4.78 is 7.41. The van der Waals surface area contributed by atoms with Crippen LogP contribution in [0, 0.1) is 0 Å². The number of rotatable bonds is 4. The first-order valence-corrected chi connectivity index (χ1v) is 10.6. The molecule has 2 aromatic carbocycles. The van der Waals surface area contributed by atoms with E-state index in [1.165, 1.54) is 0 Å². The quantitative estimate of drug-likeness (QED) is 0.623. The molecule has 1 aliphatic rings. The van der Waals surface area contributed by atoms with E-state index < -0.39 is 6.10 Å². The molecule has 0 aliphatic carbocycles. The van der Waals surface area contributed by atoms with Crippen molar-refractivity contribution in [1.29, 1.82) is 0 Å². The second kappa shape index (κ2) is 8.66. The first kappa shape index (κ1) is 20.7. The van der Waals surface area contributed by atoms with Crippen molar-refractivity contribution in [1.82, 2.24) is 9.55 Å². The van der Waals surface area contributed by atoms with E-state index in [1.807, 2.05) is 0 Å². The lowest BCUT2D eigenvalue weighted by Gasteiger charge is -2.16. The number of nitrogens with one attached hydrogen (secondary N) is 1. The summed E-state index contributed by atoms with van der Waals surface area (Å²) in [6.07, 6.45) is 3.12. The average molecular weight is 446 g/mol. The third-order valence-corrected chi connectivity index (χ3v) is 5.68. The van der Waals surface area contributed by atoms with E-state index in [4.69, 9.17) is 27.9 Å². The van der Waals surface area contributed by atoms with Crippen molar-refractivity contribution in [2.75, 3.05) is 5.32 Å². The van der Waals surface area contributed by atoms with Crippen molar-refractivity contribution in [3.05, 3.63) is 62.6 Å². The van der Waals surface area contributed by atoms with Gasteiger partial charge in [0.1, 0.15) is 11.6 Å². The van der Waals surface area contributed by atoms with E-state index in [9.17, 15) is 9.59 Å². The highest BCUT2D eigenvalue weighted by atomic mass is 35.5. The molecule has 0 saturated heterocycles. The Bertz CT molecular complexity index is 1180. The second-order valence-electron chi connectivity index (χ2n) is 7.35. The maximum Gasteiger partial charge on any atom is 0.265 e. The highest BCUT2D eigenvalue weighted by Gasteiger charge is 2.18. The van der Waals surface area contributed by atoms with E-state index in [0.29, 0.717) is 38.9 Å². The molecule has 1 amide bonds. The van der Waals surface area contributed by atoms with Crippen LogP contribution in [0.5, 0.6) is 5.75 Å². The van der Waals surface area contributed by atoms with Crippen molar-refractivity contribution in [2.24, 2.45) is 0 Å². The molecule has 0 fully saturated rings. The summed E-state index contributed by atoms with van der Waals surface area (Å²) in [5, 5.41) is 4.10. The van der Waals surface area contributed by atoms with Gasteiger partial charge in [0.2, 0.25) is 0 Å². The zero-order chi connectivity index (χ0) is 21.3. The predicted octanol–water partition coefficient (Wildman–Crippen LogP) is 4.84. The molecule has 1 atom stereocenters. The summed E-state index contributed by atoms with van der Waals surface area (Å²) in [6.45, 7) is 2.30. The number of carbonyl (C=O) groups excluding carboxylic acids is 1. The Hall–Kier alpha value is -2.57. The van der Waals surface area contributed by atoms with Gasteiger partial charge in [-0.25, -0.2) is 4.98 Å². The summed E-state index contributed by atoms with van der Waals surface area (Å²) in [5.41, 5.74) is 1.09. The molecule has 0 bridgehead atoms. The summed E-state index contributed by atoms with van der Waals surface area (Å²) >= 11 is 12.0. The molecular weight excluding hydrogens is 425 g/mol. The number of nitrogens with zero attached hydrogens (tertiary/aromatic N) is 2. The highest BCUT2D eigenvalue weighted by molar-refractivity contribution is 6.35. The van der Waals surface area contributed by atoms with E-state index in [2.05, 4.69) is 10.3 Å². The zero-order valence-electron chi connectivity index (χ0n) is 16.5. The molecule has 1 N–H and O–H groups in total. The van der Waals surface area contributed by atoms with E-state index in [-0.39, 0.29) is 11.5 Å². The van der Waals surface area contributed by atoms with Gasteiger partial charge in [0.05, 0.1) is 15.9 Å². The van der Waals surface area contributed by atoms with Crippen LogP contribution in [0.3, 0.4) is 0 Å². The molecule has 0 radical (unpaired) electrons. The Labute approximate surface area is 183 Å². The second-order valence-corrected chi connectivity index (χ2v) is 8.20. The first-order valence-electron chi connectivity index (χ1n) is 9.88. The lowest BCUT2D eigenvalue weighted by atomic mass is 10.2. The van der Waals surface area contributed by atoms with E-state index >= 15 is 0 Å². The topological polar surface area (TPSA) is 73.2 Å². The highest BCUT2D eigenvalue weighted by Crippen LogP contribution is 2.28. The molecule has 0 spiro atoms. The maximum atomic E-state index is 13.0. The number of halogens is 2. The number of hydrogen-bond acceptors (Lipinski definition) is 4. The van der Waals surface area contributed by atoms with Gasteiger partial charge in [-0.2, -0.15) is 0 Å². The monoisotopic (exact) mass is 445 g/mol. The molecule has 3 aromatic rings. The average Bonchev–Trinajstić information content (AvgIpc) is 2.96. The van der Waals surface area contributed by atoms with Gasteiger partial charge in [0, 0.05) is 23.7 Å². The van der Waals surface area contributed by atoms with Crippen LogP contribution in [0.2, 0.25) is 10.0 Å². The lowest BCUT2D eigenvalue weighted by molar-refractivity contribution is -0.122. The van der Waals surface area contributed by atoms with Gasteiger partial charge in [0.15, 0.2) is 6.10 Å². The van der Waals surface area contributed by atoms with Crippen molar-refractivity contribution < 1.29 is 9.53 Å². The summed E-state index contributed by atoms with van der Waals surface area (Å²) in [7, 11) is 0. The smallest absolute Gasteiger partial charge is 0.265 e. The van der Waals surface area contributed by atoms with Gasteiger partial charge < -0.3 is 10.1 Å². The third-order valence-electron chi connectivity index (χ3n) is 5.15. The van der Waals surface area contributed by atoms with Crippen LogP contribution < -0.4 is 15.6 Å². The van der Waals surface area contributed by atoms with Gasteiger partial charge in [0.25, 0.3) is 11.5 Å². The lowest BCUT2D eigenvalue weighted by Crippen LogP contribution is -2.30. The van der Waals surface area contributed by atoms with E-state index in [0.717, 1.165) is 31.5 Å². The van der Waals surface area contributed by atoms with Gasteiger partial charge in [-0.3, -0.25) is 14.2 Å². The number of carbonyl (C=O) groups is 1. The van der Waals surface area contributed by atoms with E-state index in [1.54, 1.807) is 47.9 Å². The van der Waals surface area contributed by atoms with Crippen LogP contribution in [-0.4, -0.2) is 21.6 Å². The number of aryl methyl sites for hydroxylation is 1. The largest absolute Gasteiger partial charge is 0.479 e. The molecule has 30 heavy (non-hydrogen) atoms. The fraction of sp³-hybridized carbons (Fsp3) is 0.318. The van der Waals surface area contributed by atoms with Crippen molar-refractivity contribution in [2.45, 2.75) is 45.3 Å². The van der Waals surface area contributed by atoms with Gasteiger partial charge >= 0.3 is 0 Å². The minimum atomic E-state index is -0.800. The molecular formula is C22H21Cl2N3O3. The molecule has 8 heteroatoms. The Morgan fingerprint density at radius 3 is 2.80 bits per heavy atom. The van der Waals surface area contributed by atoms with Crippen LogP contribution in [0.1, 0.15) is 32.0 Å². The fourth-order valence-electron chi connectivity index (χ4n) is 3.55. The standard InChI is InChI=1S/C22H21Cl2N3O3/c1-13(30-19-9-6-14(23)11-17(19)24)21(28)25-15-7-8-18-16(12-15)22(29)27-10-4-2-3-5-20(27)26-18/h6-9,11-13H,2-5,10H2,1H3,(H,25,28)/t13-/m0/s1. The van der Waals surface area contributed by atoms with Crippen LogP contribution in [-0.2, 0) is 17.8 Å². The van der Waals surface area contributed by atoms with Crippen LogP contribution in [0.4, 0.5) is 5.69 Å². The molecule has 6 nitrogen and oxygen atoms in total. The SMILES string of the molecule is C[C@H](Oc1ccc(Cl)cc1Cl)C(=O)Nc1ccc2nc3n(c(=O)c2c1)CCCCC3. The Morgan fingerprint density at radius 2 is 2.00 bits per heavy atom. The summed E-state index contributed by atoms with van der Waals surface area (Å²) in [5.74, 6) is 0.846. The minimum Gasteiger partial charge on any atom is -0.479 e. The fourth-order valence-corrected chi connectivity index (χ4v) is 4.01. The summed E-state index contributed by atoms with van der Waals surface area (Å²) in [6, 6.07) is 9.98. The van der Waals surface area contributed by atoms with Crippen LogP contribution in [0.15, 0.2) is 41.2 Å². The molecule has 1 aromatic heterocycles. The number of benzene rings is 2. The minimum absolute atomic E-state index is 0.0646. The number of amides is 1. The predicted molar refractivity (Wildman–Crippen MR) is 119 cm³/mol. The van der Waals surface area contributed by atoms with Crippen LogP contribution >= 0.6 is 23.2 Å².